The number of hydrogen-bond donors (Lipinski definition) is 2. The molecule has 1 amide bonds. The predicted octanol–water partition coefficient (Wildman–Crippen LogP) is 3.79. The Morgan fingerprint density at radius 3 is 2.74 bits per heavy atom. The molecule has 2 heterocycles. The van der Waals surface area contributed by atoms with Crippen LogP contribution in [-0.2, 0) is 11.2 Å². The third kappa shape index (κ3) is 3.65. The first-order valence-corrected chi connectivity index (χ1v) is 9.64. The first-order valence-electron chi connectivity index (χ1n) is 9.64. The van der Waals surface area contributed by atoms with Gasteiger partial charge in [-0.25, -0.2) is 0 Å². The number of amides is 1. The van der Waals surface area contributed by atoms with Gasteiger partial charge in [0.1, 0.15) is 11.4 Å². The minimum Gasteiger partial charge on any atom is -0.508 e. The first-order chi connectivity index (χ1) is 13.0. The lowest BCUT2D eigenvalue weighted by Gasteiger charge is -2.47. The Morgan fingerprint density at radius 1 is 1.22 bits per heavy atom. The number of nitrogens with zero attached hydrogens (tertiary/aromatic N) is 1. The molecule has 27 heavy (non-hydrogen) atoms. The molecular formula is C22H26N2O3. The number of phenolic OH excluding ortho intramolecular Hbond substituents is 1. The van der Waals surface area contributed by atoms with Gasteiger partial charge < -0.3 is 20.1 Å². The molecular weight excluding hydrogens is 340 g/mol. The van der Waals surface area contributed by atoms with E-state index >= 15 is 0 Å². The van der Waals surface area contributed by atoms with Crippen molar-refractivity contribution in [1.82, 2.24) is 4.90 Å². The van der Waals surface area contributed by atoms with Crippen molar-refractivity contribution in [3.8, 4) is 5.75 Å². The fourth-order valence-corrected chi connectivity index (χ4v) is 4.03. The fraction of sp³-hybridized carbons (Fsp3) is 0.409. The second-order valence-corrected chi connectivity index (χ2v) is 7.66. The average Bonchev–Trinajstić information content (AvgIpc) is 3.18. The number of benzene rings is 2. The number of anilines is 1. The number of phenols is 1. The van der Waals surface area contributed by atoms with E-state index < -0.39 is 5.66 Å². The minimum absolute atomic E-state index is 0.0630. The van der Waals surface area contributed by atoms with E-state index in [-0.39, 0.29) is 17.8 Å². The summed E-state index contributed by atoms with van der Waals surface area (Å²) in [6.07, 6.45) is 3.74. The van der Waals surface area contributed by atoms with Gasteiger partial charge in [-0.3, -0.25) is 4.79 Å². The maximum absolute atomic E-state index is 13.3. The molecule has 1 saturated heterocycles. The van der Waals surface area contributed by atoms with Gasteiger partial charge in [0, 0.05) is 18.8 Å². The molecule has 0 spiro atoms. The molecule has 2 aliphatic rings. The molecule has 5 heteroatoms. The zero-order valence-corrected chi connectivity index (χ0v) is 15.6. The van der Waals surface area contributed by atoms with Crippen LogP contribution < -0.4 is 5.32 Å². The molecule has 5 nitrogen and oxygen atoms in total. The van der Waals surface area contributed by atoms with E-state index in [1.807, 2.05) is 41.3 Å². The average molecular weight is 366 g/mol. The highest BCUT2D eigenvalue weighted by molar-refractivity contribution is 6.02. The molecule has 0 aromatic heterocycles. The Bertz CT molecular complexity index is 815. The SMILES string of the molecule is C[C@@]1(CCc2ccc(O)cc2)Nc2ccccc2C(=O)N1C[C@@H]1CCCO1. The number of fused-ring (bicyclic) bond motifs is 1. The number of para-hydroxylation sites is 1. The van der Waals surface area contributed by atoms with Crippen molar-refractivity contribution in [3.05, 3.63) is 59.7 Å². The molecule has 2 atom stereocenters. The standard InChI is InChI=1S/C22H26N2O3/c1-22(13-12-16-8-10-17(25)11-9-16)23-20-7-3-2-6-19(20)21(26)24(22)15-18-5-4-14-27-18/h2-3,6-11,18,23,25H,4-5,12-15H2,1H3/t18-,22+/m0/s1. The number of aromatic hydroxyl groups is 1. The normalized spacial score (nSPS) is 24.6. The molecule has 1 fully saturated rings. The van der Waals surface area contributed by atoms with Crippen molar-refractivity contribution in [2.24, 2.45) is 0 Å². The predicted molar refractivity (Wildman–Crippen MR) is 105 cm³/mol. The molecule has 0 bridgehead atoms. The zero-order chi connectivity index (χ0) is 18.9. The van der Waals surface area contributed by atoms with Gasteiger partial charge >= 0.3 is 0 Å². The van der Waals surface area contributed by atoms with Gasteiger partial charge in [0.05, 0.1) is 11.7 Å². The Balaban J connectivity index is 1.59. The molecule has 2 aromatic rings. The quantitative estimate of drug-likeness (QED) is 0.845. The van der Waals surface area contributed by atoms with Gasteiger partial charge in [0.2, 0.25) is 0 Å². The van der Waals surface area contributed by atoms with Crippen LogP contribution in [0.3, 0.4) is 0 Å². The van der Waals surface area contributed by atoms with Crippen LogP contribution in [0.5, 0.6) is 5.75 Å². The number of hydrogen-bond acceptors (Lipinski definition) is 4. The highest BCUT2D eigenvalue weighted by atomic mass is 16.5. The smallest absolute Gasteiger partial charge is 0.257 e. The summed E-state index contributed by atoms with van der Waals surface area (Å²) >= 11 is 0. The zero-order valence-electron chi connectivity index (χ0n) is 15.6. The monoisotopic (exact) mass is 366 g/mol. The molecule has 0 saturated carbocycles. The molecule has 4 rings (SSSR count). The van der Waals surface area contributed by atoms with E-state index in [1.54, 1.807) is 12.1 Å². The third-order valence-corrected chi connectivity index (χ3v) is 5.65. The van der Waals surface area contributed by atoms with E-state index in [1.165, 1.54) is 0 Å². The van der Waals surface area contributed by atoms with Crippen LogP contribution in [0.15, 0.2) is 48.5 Å². The lowest BCUT2D eigenvalue weighted by molar-refractivity contribution is 0.0233. The number of aryl methyl sites for hydroxylation is 1. The fourth-order valence-electron chi connectivity index (χ4n) is 4.03. The number of nitrogens with one attached hydrogen (secondary N) is 1. The summed E-state index contributed by atoms with van der Waals surface area (Å²) in [7, 11) is 0. The molecule has 0 unspecified atom stereocenters. The summed E-state index contributed by atoms with van der Waals surface area (Å²) < 4.78 is 5.81. The number of ether oxygens (including phenoxy) is 1. The van der Waals surface area contributed by atoms with Gasteiger partial charge in [0.25, 0.3) is 5.91 Å². The van der Waals surface area contributed by atoms with Crippen LogP contribution in [0.4, 0.5) is 5.69 Å². The van der Waals surface area contributed by atoms with Crippen LogP contribution >= 0.6 is 0 Å². The van der Waals surface area contributed by atoms with E-state index in [4.69, 9.17) is 4.74 Å². The van der Waals surface area contributed by atoms with Crippen LogP contribution in [-0.4, -0.2) is 40.8 Å². The second-order valence-electron chi connectivity index (χ2n) is 7.66. The Labute approximate surface area is 160 Å². The largest absolute Gasteiger partial charge is 0.508 e. The van der Waals surface area contributed by atoms with Gasteiger partial charge in [-0.15, -0.1) is 0 Å². The van der Waals surface area contributed by atoms with Gasteiger partial charge in [-0.2, -0.15) is 0 Å². The van der Waals surface area contributed by atoms with Crippen molar-refractivity contribution in [1.29, 1.82) is 0 Å². The van der Waals surface area contributed by atoms with E-state index in [0.717, 1.165) is 49.1 Å². The maximum atomic E-state index is 13.3. The van der Waals surface area contributed by atoms with Crippen LogP contribution in [0.2, 0.25) is 0 Å². The number of rotatable bonds is 5. The number of carbonyl (C=O) groups is 1. The molecule has 2 aliphatic heterocycles. The first kappa shape index (κ1) is 17.9. The molecule has 2 N–H and O–H groups in total. The van der Waals surface area contributed by atoms with Gasteiger partial charge in [-0.05, 0) is 62.4 Å². The molecule has 2 aromatic carbocycles. The van der Waals surface area contributed by atoms with Crippen LogP contribution in [0.1, 0.15) is 42.1 Å². The highest BCUT2D eigenvalue weighted by Crippen LogP contribution is 2.35. The van der Waals surface area contributed by atoms with Crippen molar-refractivity contribution >= 4 is 11.6 Å². The summed E-state index contributed by atoms with van der Waals surface area (Å²) in [6.45, 7) is 3.48. The van der Waals surface area contributed by atoms with Crippen LogP contribution in [0.25, 0.3) is 0 Å². The molecule has 0 aliphatic carbocycles. The summed E-state index contributed by atoms with van der Waals surface area (Å²) in [4.78, 5) is 15.2. The van der Waals surface area contributed by atoms with Gasteiger partial charge in [-0.1, -0.05) is 24.3 Å². The lowest BCUT2D eigenvalue weighted by Crippen LogP contribution is -2.60. The summed E-state index contributed by atoms with van der Waals surface area (Å²) in [5, 5.41) is 13.1. The highest BCUT2D eigenvalue weighted by Gasteiger charge is 2.42. The van der Waals surface area contributed by atoms with Crippen molar-refractivity contribution in [2.45, 2.75) is 44.4 Å². The summed E-state index contributed by atoms with van der Waals surface area (Å²) in [5.74, 6) is 0.331. The summed E-state index contributed by atoms with van der Waals surface area (Å²) in [6, 6.07) is 15.0. The van der Waals surface area contributed by atoms with E-state index in [0.29, 0.717) is 6.54 Å². The topological polar surface area (TPSA) is 61.8 Å². The summed E-state index contributed by atoms with van der Waals surface area (Å²) in [5.41, 5.74) is 2.26. The molecule has 142 valence electrons. The molecule has 0 radical (unpaired) electrons. The number of carbonyl (C=O) groups excluding carboxylic acids is 1. The maximum Gasteiger partial charge on any atom is 0.257 e. The lowest BCUT2D eigenvalue weighted by atomic mass is 9.93. The minimum atomic E-state index is -0.491. The Kier molecular flexibility index (Phi) is 4.79. The van der Waals surface area contributed by atoms with Crippen molar-refractivity contribution in [2.75, 3.05) is 18.5 Å². The van der Waals surface area contributed by atoms with Crippen molar-refractivity contribution in [3.63, 3.8) is 0 Å². The second kappa shape index (κ2) is 7.24. The Hall–Kier alpha value is -2.53. The van der Waals surface area contributed by atoms with Crippen molar-refractivity contribution < 1.29 is 14.6 Å². The third-order valence-electron chi connectivity index (χ3n) is 5.65. The Morgan fingerprint density at radius 2 is 2.00 bits per heavy atom. The van der Waals surface area contributed by atoms with Crippen LogP contribution in [0, 0.1) is 0 Å². The van der Waals surface area contributed by atoms with E-state index in [9.17, 15) is 9.90 Å². The van der Waals surface area contributed by atoms with E-state index in [2.05, 4.69) is 12.2 Å². The van der Waals surface area contributed by atoms with Gasteiger partial charge in [0.15, 0.2) is 0 Å².